The van der Waals surface area contributed by atoms with Gasteiger partial charge in [0.05, 0.1) is 29.4 Å². The molecule has 2 aromatic rings. The van der Waals surface area contributed by atoms with Gasteiger partial charge in [0.1, 0.15) is 5.75 Å². The van der Waals surface area contributed by atoms with Gasteiger partial charge < -0.3 is 10.1 Å². The number of benzene rings is 2. The third-order valence-electron chi connectivity index (χ3n) is 3.98. The first-order chi connectivity index (χ1) is 12.7. The Morgan fingerprint density at radius 3 is 2.88 bits per heavy atom. The summed E-state index contributed by atoms with van der Waals surface area (Å²) in [4.78, 5) is 16.8. The Kier molecular flexibility index (Phi) is 5.87. The van der Waals surface area contributed by atoms with E-state index < -0.39 is 0 Å². The first-order valence-electron chi connectivity index (χ1n) is 8.28. The van der Waals surface area contributed by atoms with Crippen molar-refractivity contribution in [3.63, 3.8) is 0 Å². The van der Waals surface area contributed by atoms with E-state index in [1.165, 1.54) is 0 Å². The molecule has 1 atom stereocenters. The minimum Gasteiger partial charge on any atom is -0.495 e. The van der Waals surface area contributed by atoms with Gasteiger partial charge >= 0.3 is 0 Å². The van der Waals surface area contributed by atoms with Crippen molar-refractivity contribution >= 4 is 35.5 Å². The summed E-state index contributed by atoms with van der Waals surface area (Å²) >= 11 is 6.08. The molecule has 0 aromatic heterocycles. The third-order valence-corrected chi connectivity index (χ3v) is 4.31. The van der Waals surface area contributed by atoms with E-state index in [-0.39, 0.29) is 11.9 Å². The quantitative estimate of drug-likeness (QED) is 0.808. The summed E-state index contributed by atoms with van der Waals surface area (Å²) in [5, 5.41) is 3.25. The average Bonchev–Trinajstić information content (AvgIpc) is 2.68. The minimum absolute atomic E-state index is 0.158. The SMILES string of the molecule is COc1cc(/C=C/C2CC=CC=N2)ccc1NC(=O)c1ccccc1Cl. The molecule has 0 radical (unpaired) electrons. The number of carbonyl (C=O) groups excluding carboxylic acids is 1. The second kappa shape index (κ2) is 8.50. The lowest BCUT2D eigenvalue weighted by Crippen LogP contribution is -2.13. The lowest BCUT2D eigenvalue weighted by Gasteiger charge is -2.12. The van der Waals surface area contributed by atoms with Crippen molar-refractivity contribution in [2.24, 2.45) is 4.99 Å². The number of hydrogen-bond donors (Lipinski definition) is 1. The molecule has 132 valence electrons. The minimum atomic E-state index is -0.277. The lowest BCUT2D eigenvalue weighted by molar-refractivity contribution is 0.102. The monoisotopic (exact) mass is 366 g/mol. The van der Waals surface area contributed by atoms with Crippen LogP contribution in [-0.4, -0.2) is 25.3 Å². The van der Waals surface area contributed by atoms with Crippen molar-refractivity contribution in [2.45, 2.75) is 12.5 Å². The smallest absolute Gasteiger partial charge is 0.257 e. The van der Waals surface area contributed by atoms with Gasteiger partial charge in [-0.15, -0.1) is 0 Å². The zero-order valence-electron chi connectivity index (χ0n) is 14.4. The van der Waals surface area contributed by atoms with Crippen LogP contribution in [0.2, 0.25) is 5.02 Å². The van der Waals surface area contributed by atoms with E-state index in [1.807, 2.05) is 36.6 Å². The van der Waals surface area contributed by atoms with E-state index in [2.05, 4.69) is 22.5 Å². The average molecular weight is 367 g/mol. The molecule has 1 N–H and O–H groups in total. The molecule has 0 bridgehead atoms. The normalized spacial score (nSPS) is 16.0. The summed E-state index contributed by atoms with van der Waals surface area (Å²) in [6, 6.07) is 12.7. The van der Waals surface area contributed by atoms with Crippen molar-refractivity contribution in [1.82, 2.24) is 0 Å². The highest BCUT2D eigenvalue weighted by Gasteiger charge is 2.12. The lowest BCUT2D eigenvalue weighted by atomic mass is 10.1. The molecule has 4 nitrogen and oxygen atoms in total. The maximum absolute atomic E-state index is 12.4. The molecule has 0 saturated carbocycles. The summed E-state index contributed by atoms with van der Waals surface area (Å²) in [7, 11) is 1.57. The highest BCUT2D eigenvalue weighted by atomic mass is 35.5. The van der Waals surface area contributed by atoms with Gasteiger partial charge in [-0.25, -0.2) is 0 Å². The van der Waals surface area contributed by atoms with Crippen LogP contribution in [0.15, 0.2) is 65.7 Å². The van der Waals surface area contributed by atoms with Crippen molar-refractivity contribution in [1.29, 1.82) is 0 Å². The van der Waals surface area contributed by atoms with Crippen LogP contribution in [-0.2, 0) is 0 Å². The Hall–Kier alpha value is -2.85. The van der Waals surface area contributed by atoms with Crippen LogP contribution < -0.4 is 10.1 Å². The molecule has 26 heavy (non-hydrogen) atoms. The maximum Gasteiger partial charge on any atom is 0.257 e. The Morgan fingerprint density at radius 1 is 1.31 bits per heavy atom. The third kappa shape index (κ3) is 4.41. The number of carbonyl (C=O) groups is 1. The van der Waals surface area contributed by atoms with Gasteiger partial charge in [0, 0.05) is 6.21 Å². The molecule has 2 aromatic carbocycles. The zero-order valence-corrected chi connectivity index (χ0v) is 15.1. The van der Waals surface area contributed by atoms with Crippen LogP contribution in [0.1, 0.15) is 22.3 Å². The Bertz CT molecular complexity index is 887. The zero-order chi connectivity index (χ0) is 18.4. The standard InChI is InChI=1S/C21H19ClN2O2/c1-26-20-14-15(9-11-16-6-4-5-13-23-16)10-12-19(20)24-21(25)17-7-2-3-8-18(17)22/h2-5,7-14,16H,6H2,1H3,(H,24,25)/b11-9+. The number of halogens is 1. The molecule has 3 rings (SSSR count). The van der Waals surface area contributed by atoms with E-state index in [0.29, 0.717) is 22.0 Å². The molecular weight excluding hydrogens is 348 g/mol. The molecule has 0 spiro atoms. The molecule has 1 unspecified atom stereocenters. The number of anilines is 1. The summed E-state index contributed by atoms with van der Waals surface area (Å²) in [6.07, 6.45) is 10.8. The molecule has 0 saturated heterocycles. The predicted octanol–water partition coefficient (Wildman–Crippen LogP) is 5.01. The van der Waals surface area contributed by atoms with Crippen molar-refractivity contribution in [2.75, 3.05) is 12.4 Å². The number of amides is 1. The van der Waals surface area contributed by atoms with Crippen LogP contribution in [0.5, 0.6) is 5.75 Å². The van der Waals surface area contributed by atoms with Crippen LogP contribution >= 0.6 is 11.6 Å². The highest BCUT2D eigenvalue weighted by Crippen LogP contribution is 2.27. The molecular formula is C21H19ClN2O2. The molecule has 0 fully saturated rings. The van der Waals surface area contributed by atoms with E-state index in [0.717, 1.165) is 12.0 Å². The number of aliphatic imine (C=N–C) groups is 1. The Labute approximate surface area is 157 Å². The number of nitrogens with zero attached hydrogens (tertiary/aromatic N) is 1. The second-order valence-electron chi connectivity index (χ2n) is 5.78. The first-order valence-corrected chi connectivity index (χ1v) is 8.65. The van der Waals surface area contributed by atoms with Gasteiger partial charge in [0.2, 0.25) is 0 Å². The number of allylic oxidation sites excluding steroid dienone is 1. The molecule has 0 aliphatic carbocycles. The topological polar surface area (TPSA) is 50.7 Å². The highest BCUT2D eigenvalue weighted by molar-refractivity contribution is 6.34. The molecule has 1 heterocycles. The number of methoxy groups -OCH3 is 1. The van der Waals surface area contributed by atoms with Crippen molar-refractivity contribution < 1.29 is 9.53 Å². The van der Waals surface area contributed by atoms with E-state index >= 15 is 0 Å². The maximum atomic E-state index is 12.4. The molecule has 1 aliphatic rings. The number of rotatable bonds is 5. The number of nitrogens with one attached hydrogen (secondary N) is 1. The van der Waals surface area contributed by atoms with E-state index in [4.69, 9.17) is 16.3 Å². The van der Waals surface area contributed by atoms with Crippen LogP contribution in [0, 0.1) is 0 Å². The Balaban J connectivity index is 1.75. The fourth-order valence-corrected chi connectivity index (χ4v) is 2.82. The predicted molar refractivity (Wildman–Crippen MR) is 107 cm³/mol. The van der Waals surface area contributed by atoms with Crippen LogP contribution in [0.25, 0.3) is 6.08 Å². The summed E-state index contributed by atoms with van der Waals surface area (Å²) in [6.45, 7) is 0. The number of dihydropyridines is 1. The summed E-state index contributed by atoms with van der Waals surface area (Å²) < 4.78 is 5.42. The molecule has 5 heteroatoms. The van der Waals surface area contributed by atoms with Gasteiger partial charge in [0.25, 0.3) is 5.91 Å². The summed E-state index contributed by atoms with van der Waals surface area (Å²) in [5.41, 5.74) is 1.99. The molecule has 1 aliphatic heterocycles. The van der Waals surface area contributed by atoms with Crippen LogP contribution in [0.4, 0.5) is 5.69 Å². The van der Waals surface area contributed by atoms with Crippen LogP contribution in [0.3, 0.4) is 0 Å². The van der Waals surface area contributed by atoms with Crippen molar-refractivity contribution in [3.05, 3.63) is 76.8 Å². The fourth-order valence-electron chi connectivity index (χ4n) is 2.60. The summed E-state index contributed by atoms with van der Waals surface area (Å²) in [5.74, 6) is 0.306. The van der Waals surface area contributed by atoms with Gasteiger partial charge in [-0.3, -0.25) is 9.79 Å². The van der Waals surface area contributed by atoms with Crippen molar-refractivity contribution in [3.8, 4) is 5.75 Å². The number of hydrogen-bond acceptors (Lipinski definition) is 3. The second-order valence-corrected chi connectivity index (χ2v) is 6.19. The van der Waals surface area contributed by atoms with Gasteiger partial charge in [-0.05, 0) is 42.3 Å². The fraction of sp³-hybridized carbons (Fsp3) is 0.143. The van der Waals surface area contributed by atoms with Gasteiger partial charge in [-0.2, -0.15) is 0 Å². The van der Waals surface area contributed by atoms with Gasteiger partial charge in [0.15, 0.2) is 0 Å². The number of ether oxygens (including phenoxy) is 1. The first kappa shape index (κ1) is 18.0. The van der Waals surface area contributed by atoms with E-state index in [1.54, 1.807) is 31.4 Å². The molecule has 1 amide bonds. The Morgan fingerprint density at radius 2 is 2.15 bits per heavy atom. The van der Waals surface area contributed by atoms with Gasteiger partial charge in [-0.1, -0.05) is 48.0 Å². The van der Waals surface area contributed by atoms with E-state index in [9.17, 15) is 4.79 Å². The largest absolute Gasteiger partial charge is 0.495 e.